The molecule has 0 bridgehead atoms. The molecule has 1 aliphatic heterocycles. The minimum Gasteiger partial charge on any atom is -0.443 e. The molecule has 0 radical (unpaired) electrons. The van der Waals surface area contributed by atoms with E-state index in [0.29, 0.717) is 5.92 Å². The van der Waals surface area contributed by atoms with Crippen LogP contribution in [0.1, 0.15) is 41.5 Å². The van der Waals surface area contributed by atoms with E-state index in [1.54, 1.807) is 4.90 Å². The third-order valence-corrected chi connectivity index (χ3v) is 2.51. The summed E-state index contributed by atoms with van der Waals surface area (Å²) in [6.07, 6.45) is 3.61. The lowest BCUT2D eigenvalue weighted by molar-refractivity contribution is 0.0378. The highest BCUT2D eigenvalue weighted by molar-refractivity contribution is 5.72. The van der Waals surface area contributed by atoms with Gasteiger partial charge in [0.1, 0.15) is 5.60 Å². The first-order valence-corrected chi connectivity index (χ1v) is 5.59. The summed E-state index contributed by atoms with van der Waals surface area (Å²) < 4.78 is 5.33. The van der Waals surface area contributed by atoms with Gasteiger partial charge in [0, 0.05) is 11.9 Å². The fourth-order valence-corrected chi connectivity index (χ4v) is 1.50. The monoisotopic (exact) mass is 223 g/mol. The molecule has 1 amide bonds. The number of amides is 1. The molecule has 16 heavy (non-hydrogen) atoms. The number of carbonyl (C=O) groups is 1. The van der Waals surface area contributed by atoms with E-state index in [9.17, 15) is 4.79 Å². The maximum absolute atomic E-state index is 11.9. The summed E-state index contributed by atoms with van der Waals surface area (Å²) in [7, 11) is 0. The molecule has 1 unspecified atom stereocenters. The van der Waals surface area contributed by atoms with Gasteiger partial charge in [-0.3, -0.25) is 4.90 Å². The van der Waals surface area contributed by atoms with E-state index < -0.39 is 5.60 Å². The maximum atomic E-state index is 11.9. The van der Waals surface area contributed by atoms with Gasteiger partial charge >= 0.3 is 6.09 Å². The van der Waals surface area contributed by atoms with Crippen molar-refractivity contribution in [1.29, 1.82) is 0 Å². The van der Waals surface area contributed by atoms with Crippen LogP contribution in [-0.2, 0) is 4.74 Å². The average Bonchev–Trinajstić information content (AvgIpc) is 2.08. The van der Waals surface area contributed by atoms with Crippen molar-refractivity contribution in [3.63, 3.8) is 0 Å². The summed E-state index contributed by atoms with van der Waals surface area (Å²) in [6, 6.07) is 0. The van der Waals surface area contributed by atoms with Crippen molar-refractivity contribution < 1.29 is 9.53 Å². The Morgan fingerprint density at radius 3 is 2.44 bits per heavy atom. The van der Waals surface area contributed by atoms with Crippen molar-refractivity contribution in [2.45, 2.75) is 47.1 Å². The van der Waals surface area contributed by atoms with Crippen LogP contribution < -0.4 is 0 Å². The quantitative estimate of drug-likeness (QED) is 0.627. The van der Waals surface area contributed by atoms with Gasteiger partial charge in [-0.25, -0.2) is 4.79 Å². The fourth-order valence-electron chi connectivity index (χ4n) is 1.50. The number of allylic oxidation sites excluding steroid dienone is 3. The Morgan fingerprint density at radius 2 is 1.94 bits per heavy atom. The van der Waals surface area contributed by atoms with Crippen LogP contribution in [-0.4, -0.2) is 16.6 Å². The van der Waals surface area contributed by atoms with Gasteiger partial charge in [0.25, 0.3) is 0 Å². The molecular weight excluding hydrogens is 202 g/mol. The van der Waals surface area contributed by atoms with Gasteiger partial charge in [-0.05, 0) is 46.1 Å². The second kappa shape index (κ2) is 4.32. The zero-order chi connectivity index (χ0) is 12.5. The van der Waals surface area contributed by atoms with Crippen molar-refractivity contribution in [3.8, 4) is 0 Å². The Hall–Kier alpha value is -1.25. The smallest absolute Gasteiger partial charge is 0.418 e. The molecule has 0 aliphatic carbocycles. The third kappa shape index (κ3) is 3.12. The van der Waals surface area contributed by atoms with Crippen LogP contribution in [0.3, 0.4) is 0 Å². The van der Waals surface area contributed by atoms with E-state index in [2.05, 4.69) is 13.0 Å². The van der Waals surface area contributed by atoms with Crippen LogP contribution >= 0.6 is 0 Å². The largest absolute Gasteiger partial charge is 0.443 e. The molecule has 0 N–H and O–H groups in total. The van der Waals surface area contributed by atoms with Crippen molar-refractivity contribution in [2.75, 3.05) is 0 Å². The molecule has 0 saturated heterocycles. The molecule has 0 spiro atoms. The van der Waals surface area contributed by atoms with Crippen LogP contribution in [0.2, 0.25) is 0 Å². The Labute approximate surface area is 97.8 Å². The first-order chi connectivity index (χ1) is 7.20. The Bertz CT molecular complexity index is 347. The fraction of sp³-hybridized carbons (Fsp3) is 0.615. The Balaban J connectivity index is 2.82. The first-order valence-electron chi connectivity index (χ1n) is 5.59. The zero-order valence-electron chi connectivity index (χ0n) is 11.0. The predicted molar refractivity (Wildman–Crippen MR) is 64.8 cm³/mol. The van der Waals surface area contributed by atoms with E-state index in [4.69, 9.17) is 4.74 Å². The lowest BCUT2D eigenvalue weighted by Crippen LogP contribution is -2.34. The van der Waals surface area contributed by atoms with Gasteiger partial charge < -0.3 is 4.74 Å². The van der Waals surface area contributed by atoms with Gasteiger partial charge in [-0.15, -0.1) is 0 Å². The van der Waals surface area contributed by atoms with E-state index in [1.165, 1.54) is 0 Å². The summed E-state index contributed by atoms with van der Waals surface area (Å²) in [5, 5.41) is 0. The van der Waals surface area contributed by atoms with E-state index in [1.807, 2.05) is 40.8 Å². The van der Waals surface area contributed by atoms with Crippen molar-refractivity contribution in [3.05, 3.63) is 23.5 Å². The number of nitrogens with zero attached hydrogens (tertiary/aromatic N) is 1. The highest BCUT2D eigenvalue weighted by Crippen LogP contribution is 2.24. The van der Waals surface area contributed by atoms with Gasteiger partial charge in [-0.2, -0.15) is 0 Å². The van der Waals surface area contributed by atoms with E-state index >= 15 is 0 Å². The molecule has 0 aromatic heterocycles. The molecule has 1 aliphatic rings. The lowest BCUT2D eigenvalue weighted by Gasteiger charge is -2.29. The molecule has 90 valence electrons. The lowest BCUT2D eigenvalue weighted by atomic mass is 9.99. The minimum absolute atomic E-state index is 0.312. The number of carbonyl (C=O) groups excluding carboxylic acids is 1. The minimum atomic E-state index is -0.456. The van der Waals surface area contributed by atoms with Crippen molar-refractivity contribution >= 4 is 6.09 Å². The number of rotatable bonds is 0. The standard InChI is InChI=1S/C13H21NO2/c1-9-7-11(3)14(8-10(9)2)12(15)16-13(4,5)6/h7-9H,1-6H3. The molecular formula is C13H21NO2. The summed E-state index contributed by atoms with van der Waals surface area (Å²) >= 11 is 0. The van der Waals surface area contributed by atoms with E-state index in [0.717, 1.165) is 11.3 Å². The van der Waals surface area contributed by atoms with Gasteiger partial charge in [0.15, 0.2) is 0 Å². The predicted octanol–water partition coefficient (Wildman–Crippen LogP) is 3.68. The molecule has 0 saturated carbocycles. The van der Waals surface area contributed by atoms with Crippen LogP contribution in [0.25, 0.3) is 0 Å². The highest BCUT2D eigenvalue weighted by atomic mass is 16.6. The summed E-state index contributed by atoms with van der Waals surface area (Å²) in [5.74, 6) is 0.388. The highest BCUT2D eigenvalue weighted by Gasteiger charge is 2.24. The molecule has 0 fully saturated rings. The molecule has 0 aromatic rings. The van der Waals surface area contributed by atoms with Gasteiger partial charge in [0.05, 0.1) is 0 Å². The molecule has 1 heterocycles. The van der Waals surface area contributed by atoms with Crippen LogP contribution in [0.5, 0.6) is 0 Å². The topological polar surface area (TPSA) is 29.5 Å². The second-order valence-electron chi connectivity index (χ2n) is 5.32. The molecule has 1 rings (SSSR count). The number of hydrogen-bond acceptors (Lipinski definition) is 2. The third-order valence-electron chi connectivity index (χ3n) is 2.51. The normalized spacial score (nSPS) is 21.4. The van der Waals surface area contributed by atoms with Crippen molar-refractivity contribution in [2.24, 2.45) is 5.92 Å². The first kappa shape index (κ1) is 12.8. The zero-order valence-corrected chi connectivity index (χ0v) is 11.0. The Morgan fingerprint density at radius 1 is 1.38 bits per heavy atom. The number of hydrogen-bond donors (Lipinski definition) is 0. The van der Waals surface area contributed by atoms with Crippen molar-refractivity contribution in [1.82, 2.24) is 4.90 Å². The van der Waals surface area contributed by atoms with Gasteiger partial charge in [0.2, 0.25) is 0 Å². The van der Waals surface area contributed by atoms with E-state index in [-0.39, 0.29) is 6.09 Å². The summed E-state index contributed by atoms with van der Waals surface area (Å²) in [4.78, 5) is 13.5. The number of ether oxygens (including phenoxy) is 1. The van der Waals surface area contributed by atoms with Crippen LogP contribution in [0, 0.1) is 5.92 Å². The van der Waals surface area contributed by atoms with Gasteiger partial charge in [-0.1, -0.05) is 13.0 Å². The molecule has 1 atom stereocenters. The molecule has 0 aromatic carbocycles. The Kier molecular flexibility index (Phi) is 3.46. The average molecular weight is 223 g/mol. The summed E-state index contributed by atoms with van der Waals surface area (Å²) in [6.45, 7) is 11.7. The molecule has 3 heteroatoms. The van der Waals surface area contributed by atoms with Crippen LogP contribution in [0.15, 0.2) is 23.5 Å². The second-order valence-corrected chi connectivity index (χ2v) is 5.32. The maximum Gasteiger partial charge on any atom is 0.418 e. The SMILES string of the molecule is CC1=CN(C(=O)OC(C)(C)C)C(C)=CC1C. The molecule has 3 nitrogen and oxygen atoms in total. The summed E-state index contributed by atoms with van der Waals surface area (Å²) in [5.41, 5.74) is 1.63. The van der Waals surface area contributed by atoms with Crippen LogP contribution in [0.4, 0.5) is 4.79 Å².